The number of nitrogens with zero attached hydrogens (tertiary/aromatic N) is 6. The maximum atomic E-state index is 4.16. The number of tetrazole rings is 1. The Morgan fingerprint density at radius 2 is 2.22 bits per heavy atom. The van der Waals surface area contributed by atoms with E-state index in [-0.39, 0.29) is 0 Å². The molecule has 0 spiro atoms. The molecule has 100 valence electrons. The number of aryl methyl sites for hydroxylation is 1. The van der Waals surface area contributed by atoms with Crippen molar-refractivity contribution in [2.24, 2.45) is 0 Å². The third kappa shape index (κ3) is 2.40. The van der Waals surface area contributed by atoms with E-state index in [1.807, 2.05) is 4.68 Å². The van der Waals surface area contributed by atoms with Gasteiger partial charge in [-0.1, -0.05) is 6.92 Å². The first kappa shape index (κ1) is 12.0. The Kier molecular flexibility index (Phi) is 3.56. The van der Waals surface area contributed by atoms with Crippen molar-refractivity contribution in [1.29, 1.82) is 0 Å². The summed E-state index contributed by atoms with van der Waals surface area (Å²) >= 11 is 0. The van der Waals surface area contributed by atoms with Crippen LogP contribution in [0.2, 0.25) is 0 Å². The van der Waals surface area contributed by atoms with Gasteiger partial charge in [-0.15, -0.1) is 5.10 Å². The molecule has 3 heterocycles. The van der Waals surface area contributed by atoms with Crippen molar-refractivity contribution in [2.75, 3.05) is 26.2 Å². The van der Waals surface area contributed by atoms with Gasteiger partial charge in [0, 0.05) is 32.2 Å². The van der Waals surface area contributed by atoms with E-state index in [0.29, 0.717) is 0 Å². The Labute approximate surface area is 108 Å². The molecule has 0 aromatic carbocycles. The van der Waals surface area contributed by atoms with Crippen molar-refractivity contribution in [3.05, 3.63) is 5.82 Å². The Bertz CT molecular complexity index is 390. The summed E-state index contributed by atoms with van der Waals surface area (Å²) in [7, 11) is 0. The van der Waals surface area contributed by atoms with Crippen LogP contribution in [0.5, 0.6) is 0 Å². The van der Waals surface area contributed by atoms with Crippen molar-refractivity contribution < 1.29 is 0 Å². The zero-order chi connectivity index (χ0) is 12.4. The summed E-state index contributed by atoms with van der Waals surface area (Å²) in [6.07, 6.45) is 3.80. The summed E-state index contributed by atoms with van der Waals surface area (Å²) in [6, 6.07) is 0.772. The van der Waals surface area contributed by atoms with Crippen LogP contribution in [0.15, 0.2) is 0 Å². The van der Waals surface area contributed by atoms with Gasteiger partial charge in [0.25, 0.3) is 0 Å². The van der Waals surface area contributed by atoms with Gasteiger partial charge in [-0.2, -0.15) is 0 Å². The van der Waals surface area contributed by atoms with E-state index in [0.717, 1.165) is 37.9 Å². The topological polar surface area (TPSA) is 50.1 Å². The molecule has 1 aromatic rings. The largest absolute Gasteiger partial charge is 0.298 e. The molecule has 0 amide bonds. The molecule has 2 aliphatic rings. The highest BCUT2D eigenvalue weighted by Gasteiger charge is 2.30. The van der Waals surface area contributed by atoms with E-state index in [1.54, 1.807) is 0 Å². The van der Waals surface area contributed by atoms with Gasteiger partial charge in [-0.3, -0.25) is 9.80 Å². The normalized spacial score (nSPS) is 25.5. The van der Waals surface area contributed by atoms with Crippen molar-refractivity contribution in [3.63, 3.8) is 0 Å². The quantitative estimate of drug-likeness (QED) is 0.772. The molecule has 0 radical (unpaired) electrons. The molecule has 1 atom stereocenters. The van der Waals surface area contributed by atoms with Gasteiger partial charge in [0.2, 0.25) is 0 Å². The predicted molar refractivity (Wildman–Crippen MR) is 68.0 cm³/mol. The summed E-state index contributed by atoms with van der Waals surface area (Å²) in [6.45, 7) is 8.81. The lowest BCUT2D eigenvalue weighted by Gasteiger charge is -2.37. The minimum Gasteiger partial charge on any atom is -0.298 e. The lowest BCUT2D eigenvalue weighted by molar-refractivity contribution is 0.0962. The second-order valence-electron chi connectivity index (χ2n) is 5.39. The average molecular weight is 250 g/mol. The molecule has 6 heteroatoms. The predicted octanol–water partition coefficient (Wildman–Crippen LogP) is 0.363. The number of rotatable bonds is 4. The molecule has 0 bridgehead atoms. The first-order valence-electron chi connectivity index (χ1n) is 7.08. The molecule has 2 aliphatic heterocycles. The fourth-order valence-electron chi connectivity index (χ4n) is 3.12. The van der Waals surface area contributed by atoms with E-state index in [9.17, 15) is 0 Å². The van der Waals surface area contributed by atoms with E-state index < -0.39 is 0 Å². The van der Waals surface area contributed by atoms with Crippen molar-refractivity contribution in [1.82, 2.24) is 30.0 Å². The second kappa shape index (κ2) is 5.32. The smallest absolute Gasteiger partial charge is 0.165 e. The monoisotopic (exact) mass is 250 g/mol. The number of piperazine rings is 1. The number of fused-ring (bicyclic) bond motifs is 1. The molecule has 1 aromatic heterocycles. The molecule has 3 rings (SSSR count). The van der Waals surface area contributed by atoms with Crippen LogP contribution in [-0.2, 0) is 13.1 Å². The van der Waals surface area contributed by atoms with Gasteiger partial charge >= 0.3 is 0 Å². The first-order valence-corrected chi connectivity index (χ1v) is 7.08. The molecule has 6 nitrogen and oxygen atoms in total. The van der Waals surface area contributed by atoms with E-state index in [4.69, 9.17) is 0 Å². The summed E-state index contributed by atoms with van der Waals surface area (Å²) < 4.78 is 1.95. The third-order valence-corrected chi connectivity index (χ3v) is 4.08. The van der Waals surface area contributed by atoms with E-state index in [2.05, 4.69) is 32.2 Å². The lowest BCUT2D eigenvalue weighted by atomic mass is 10.1. The van der Waals surface area contributed by atoms with Crippen LogP contribution >= 0.6 is 0 Å². The second-order valence-corrected chi connectivity index (χ2v) is 5.39. The molecule has 0 unspecified atom stereocenters. The Hall–Kier alpha value is -1.01. The van der Waals surface area contributed by atoms with Gasteiger partial charge in [-0.25, -0.2) is 4.68 Å². The molecule has 0 N–H and O–H groups in total. The maximum Gasteiger partial charge on any atom is 0.165 e. The summed E-state index contributed by atoms with van der Waals surface area (Å²) in [4.78, 5) is 5.13. The van der Waals surface area contributed by atoms with Crippen LogP contribution in [0.3, 0.4) is 0 Å². The molecular weight excluding hydrogens is 228 g/mol. The minimum absolute atomic E-state index is 0.772. The Balaban J connectivity index is 1.60. The standard InChI is InChI=1S/C12H22N6/c1-2-5-18-12(13-14-15-18)10-16-7-8-17-6-3-4-11(17)9-16/h11H,2-10H2,1H3/t11-/m0/s1. The molecule has 2 saturated heterocycles. The number of aromatic nitrogens is 4. The van der Waals surface area contributed by atoms with Crippen LogP contribution in [0.25, 0.3) is 0 Å². The van der Waals surface area contributed by atoms with Crippen LogP contribution in [0.4, 0.5) is 0 Å². The van der Waals surface area contributed by atoms with Gasteiger partial charge in [-0.05, 0) is 36.2 Å². The zero-order valence-electron chi connectivity index (χ0n) is 11.1. The molecule has 0 saturated carbocycles. The fraction of sp³-hybridized carbons (Fsp3) is 0.917. The van der Waals surface area contributed by atoms with Crippen LogP contribution in [0, 0.1) is 0 Å². The maximum absolute atomic E-state index is 4.16. The minimum atomic E-state index is 0.772. The molecule has 2 fully saturated rings. The van der Waals surface area contributed by atoms with Crippen molar-refractivity contribution in [2.45, 2.75) is 45.3 Å². The highest BCUT2D eigenvalue weighted by Crippen LogP contribution is 2.22. The SMILES string of the molecule is CCCn1nnnc1CN1CCN2CCC[C@H]2C1. The lowest BCUT2D eigenvalue weighted by Crippen LogP contribution is -2.49. The highest BCUT2D eigenvalue weighted by atomic mass is 15.5. The summed E-state index contributed by atoms with van der Waals surface area (Å²) in [5.74, 6) is 1.02. The highest BCUT2D eigenvalue weighted by molar-refractivity contribution is 4.89. The zero-order valence-corrected chi connectivity index (χ0v) is 11.1. The number of hydrogen-bond donors (Lipinski definition) is 0. The molecule has 0 aliphatic carbocycles. The van der Waals surface area contributed by atoms with E-state index >= 15 is 0 Å². The molecule has 18 heavy (non-hydrogen) atoms. The first-order chi connectivity index (χ1) is 8.86. The van der Waals surface area contributed by atoms with Crippen LogP contribution < -0.4 is 0 Å². The Morgan fingerprint density at radius 1 is 1.28 bits per heavy atom. The van der Waals surface area contributed by atoms with Crippen molar-refractivity contribution >= 4 is 0 Å². The number of hydrogen-bond acceptors (Lipinski definition) is 5. The molecular formula is C12H22N6. The van der Waals surface area contributed by atoms with Crippen LogP contribution in [-0.4, -0.2) is 62.2 Å². The van der Waals surface area contributed by atoms with Gasteiger partial charge in [0.05, 0.1) is 6.54 Å². The van der Waals surface area contributed by atoms with Gasteiger partial charge in [0.15, 0.2) is 5.82 Å². The fourth-order valence-corrected chi connectivity index (χ4v) is 3.12. The third-order valence-electron chi connectivity index (χ3n) is 4.08. The Morgan fingerprint density at radius 3 is 3.11 bits per heavy atom. The van der Waals surface area contributed by atoms with Crippen molar-refractivity contribution in [3.8, 4) is 0 Å². The average Bonchev–Trinajstić information content (AvgIpc) is 2.99. The van der Waals surface area contributed by atoms with Gasteiger partial charge < -0.3 is 0 Å². The van der Waals surface area contributed by atoms with Crippen LogP contribution in [0.1, 0.15) is 32.0 Å². The van der Waals surface area contributed by atoms with E-state index in [1.165, 1.54) is 32.5 Å². The summed E-state index contributed by atoms with van der Waals surface area (Å²) in [5, 5.41) is 12.0. The van der Waals surface area contributed by atoms with Gasteiger partial charge in [0.1, 0.15) is 0 Å². The summed E-state index contributed by atoms with van der Waals surface area (Å²) in [5.41, 5.74) is 0.